The van der Waals surface area contributed by atoms with Gasteiger partial charge in [-0.1, -0.05) is 19.9 Å². The molecule has 0 spiro atoms. The smallest absolute Gasteiger partial charge is 0.325 e. The van der Waals surface area contributed by atoms with Gasteiger partial charge in [0.05, 0.1) is 5.69 Å². The summed E-state index contributed by atoms with van der Waals surface area (Å²) in [5.74, 6) is 0.294. The predicted molar refractivity (Wildman–Crippen MR) is 145 cm³/mol. The van der Waals surface area contributed by atoms with Crippen LogP contribution in [0.15, 0.2) is 54.9 Å². The van der Waals surface area contributed by atoms with Crippen molar-refractivity contribution in [2.45, 2.75) is 40.2 Å². The van der Waals surface area contributed by atoms with Gasteiger partial charge in [-0.05, 0) is 75.8 Å². The molecule has 0 saturated heterocycles. The lowest BCUT2D eigenvalue weighted by atomic mass is 10.1. The summed E-state index contributed by atoms with van der Waals surface area (Å²) >= 11 is 0. The maximum Gasteiger partial charge on any atom is 0.325 e. The summed E-state index contributed by atoms with van der Waals surface area (Å²) in [5.41, 5.74) is 1.74. The average molecular weight is 510 g/mol. The lowest BCUT2D eigenvalue weighted by Gasteiger charge is -2.19. The zero-order valence-electron chi connectivity index (χ0n) is 22.2. The van der Waals surface area contributed by atoms with E-state index in [1.807, 2.05) is 24.3 Å². The molecule has 2 aromatic carbocycles. The molecule has 3 rings (SSSR count). The van der Waals surface area contributed by atoms with Crippen molar-refractivity contribution < 1.29 is 18.7 Å². The number of carbonyl (C=O) groups excluding carboxylic acids is 1. The second kappa shape index (κ2) is 13.0. The van der Waals surface area contributed by atoms with E-state index in [9.17, 15) is 9.18 Å². The number of hydrogen-bond acceptors (Lipinski definition) is 8. The first kappa shape index (κ1) is 27.9. The Morgan fingerprint density at radius 2 is 1.68 bits per heavy atom. The van der Waals surface area contributed by atoms with Gasteiger partial charge in [0.2, 0.25) is 5.95 Å². The van der Waals surface area contributed by atoms with E-state index < -0.39 is 17.4 Å². The minimum atomic E-state index is -0.592. The predicted octanol–water partition coefficient (Wildman–Crippen LogP) is 5.50. The van der Waals surface area contributed by atoms with Crippen molar-refractivity contribution in [1.82, 2.24) is 14.9 Å². The van der Waals surface area contributed by atoms with Crippen molar-refractivity contribution in [3.63, 3.8) is 0 Å². The van der Waals surface area contributed by atoms with Gasteiger partial charge in [0.15, 0.2) is 0 Å². The fraction of sp³-hybridized carbons (Fsp3) is 0.393. The average Bonchev–Trinajstić information content (AvgIpc) is 2.86. The molecule has 0 amide bonds. The quantitative estimate of drug-likeness (QED) is 0.310. The Kier molecular flexibility index (Phi) is 9.79. The van der Waals surface area contributed by atoms with Crippen LogP contribution in [0.2, 0.25) is 0 Å². The molecular weight excluding hydrogens is 473 g/mol. The van der Waals surface area contributed by atoms with Gasteiger partial charge < -0.3 is 25.0 Å². The molecule has 0 radical (unpaired) electrons. The third kappa shape index (κ3) is 9.02. The van der Waals surface area contributed by atoms with Gasteiger partial charge >= 0.3 is 5.97 Å². The first-order valence-corrected chi connectivity index (χ1v) is 12.5. The molecule has 1 aromatic heterocycles. The zero-order chi connectivity index (χ0) is 26.8. The van der Waals surface area contributed by atoms with Gasteiger partial charge in [-0.2, -0.15) is 0 Å². The third-order valence-electron chi connectivity index (χ3n) is 5.48. The van der Waals surface area contributed by atoms with E-state index in [4.69, 9.17) is 9.47 Å². The number of carbonyl (C=O) groups is 1. The summed E-state index contributed by atoms with van der Waals surface area (Å²) in [4.78, 5) is 22.9. The molecule has 198 valence electrons. The van der Waals surface area contributed by atoms with E-state index in [1.54, 1.807) is 45.3 Å². The molecule has 0 bridgehead atoms. The van der Waals surface area contributed by atoms with Gasteiger partial charge in [0.25, 0.3) is 0 Å². The van der Waals surface area contributed by atoms with E-state index in [2.05, 4.69) is 39.3 Å². The van der Waals surface area contributed by atoms with Gasteiger partial charge in [0.1, 0.15) is 30.3 Å². The molecule has 3 aromatic rings. The molecule has 0 aliphatic heterocycles. The molecule has 37 heavy (non-hydrogen) atoms. The number of hydrogen-bond donors (Lipinski definition) is 2. The van der Waals surface area contributed by atoms with Crippen LogP contribution in [0.25, 0.3) is 11.1 Å². The Bertz CT molecular complexity index is 1140. The SMILES string of the molecule is CCN(CC)CCOc1ccc(Nc2ncc(-c3ccc(NCC(=O)OC(C)(C)C)c(F)c3)cn2)cc1. The van der Waals surface area contributed by atoms with Gasteiger partial charge in [-0.25, -0.2) is 14.4 Å². The maximum atomic E-state index is 14.6. The Morgan fingerprint density at radius 1 is 1.00 bits per heavy atom. The Morgan fingerprint density at radius 3 is 2.27 bits per heavy atom. The topological polar surface area (TPSA) is 88.6 Å². The summed E-state index contributed by atoms with van der Waals surface area (Å²) in [5, 5.41) is 5.93. The number of ether oxygens (including phenoxy) is 2. The second-order valence-electron chi connectivity index (χ2n) is 9.45. The molecule has 9 heteroatoms. The van der Waals surface area contributed by atoms with Crippen molar-refractivity contribution in [2.75, 3.05) is 43.4 Å². The number of esters is 1. The van der Waals surface area contributed by atoms with E-state index in [1.165, 1.54) is 6.07 Å². The molecule has 0 saturated carbocycles. The largest absolute Gasteiger partial charge is 0.492 e. The minimum Gasteiger partial charge on any atom is -0.492 e. The highest BCUT2D eigenvalue weighted by molar-refractivity contribution is 5.76. The highest BCUT2D eigenvalue weighted by atomic mass is 19.1. The Hall–Kier alpha value is -3.72. The summed E-state index contributed by atoms with van der Waals surface area (Å²) in [6.45, 7) is 13.0. The summed E-state index contributed by atoms with van der Waals surface area (Å²) in [6.07, 6.45) is 3.26. The Balaban J connectivity index is 1.53. The van der Waals surface area contributed by atoms with Crippen molar-refractivity contribution in [3.8, 4) is 16.9 Å². The van der Waals surface area contributed by atoms with Crippen LogP contribution in [-0.4, -0.2) is 59.2 Å². The number of halogens is 1. The highest BCUT2D eigenvalue weighted by Gasteiger charge is 2.16. The molecule has 0 atom stereocenters. The van der Waals surface area contributed by atoms with Crippen molar-refractivity contribution in [2.24, 2.45) is 0 Å². The van der Waals surface area contributed by atoms with Crippen molar-refractivity contribution in [3.05, 3.63) is 60.7 Å². The van der Waals surface area contributed by atoms with Crippen molar-refractivity contribution >= 4 is 23.3 Å². The number of nitrogens with zero attached hydrogens (tertiary/aromatic N) is 3. The number of aromatic nitrogens is 2. The van der Waals surface area contributed by atoms with E-state index >= 15 is 0 Å². The van der Waals surface area contributed by atoms with Crippen LogP contribution in [0.4, 0.5) is 21.7 Å². The van der Waals surface area contributed by atoms with E-state index in [0.717, 1.165) is 31.1 Å². The number of anilines is 3. The summed E-state index contributed by atoms with van der Waals surface area (Å²) in [7, 11) is 0. The highest BCUT2D eigenvalue weighted by Crippen LogP contribution is 2.25. The monoisotopic (exact) mass is 509 g/mol. The number of nitrogens with one attached hydrogen (secondary N) is 2. The molecule has 1 heterocycles. The molecule has 0 fully saturated rings. The lowest BCUT2D eigenvalue weighted by Crippen LogP contribution is -2.28. The Labute approximate surface area is 218 Å². The normalized spacial score (nSPS) is 11.3. The molecule has 0 aliphatic carbocycles. The first-order chi connectivity index (χ1) is 17.7. The fourth-order valence-electron chi connectivity index (χ4n) is 3.52. The molecular formula is C28H36FN5O3. The van der Waals surface area contributed by atoms with E-state index in [0.29, 0.717) is 23.7 Å². The lowest BCUT2D eigenvalue weighted by molar-refractivity contribution is -0.152. The maximum absolute atomic E-state index is 14.6. The van der Waals surface area contributed by atoms with Gasteiger partial charge in [-0.15, -0.1) is 0 Å². The number of benzene rings is 2. The van der Waals surface area contributed by atoms with Crippen LogP contribution in [0.1, 0.15) is 34.6 Å². The van der Waals surface area contributed by atoms with Crippen LogP contribution < -0.4 is 15.4 Å². The van der Waals surface area contributed by atoms with Crippen molar-refractivity contribution in [1.29, 1.82) is 0 Å². The first-order valence-electron chi connectivity index (χ1n) is 12.5. The van der Waals surface area contributed by atoms with Crippen LogP contribution in [0, 0.1) is 5.82 Å². The van der Waals surface area contributed by atoms with Crippen LogP contribution in [0.3, 0.4) is 0 Å². The standard InChI is InChI=1S/C28H36FN5O3/c1-6-34(7-2)14-15-36-23-11-9-22(10-12-23)33-27-31-17-21(18-32-27)20-8-13-25(24(29)16-20)30-19-26(35)37-28(3,4)5/h8-13,16-18,30H,6-7,14-15,19H2,1-5H3,(H,31,32,33). The van der Waals surface area contributed by atoms with Crippen LogP contribution in [-0.2, 0) is 9.53 Å². The van der Waals surface area contributed by atoms with Crippen LogP contribution in [0.5, 0.6) is 5.75 Å². The second-order valence-corrected chi connectivity index (χ2v) is 9.45. The molecule has 0 unspecified atom stereocenters. The summed E-state index contributed by atoms with van der Waals surface area (Å²) in [6, 6.07) is 12.3. The minimum absolute atomic E-state index is 0.125. The zero-order valence-corrected chi connectivity index (χ0v) is 22.2. The van der Waals surface area contributed by atoms with Gasteiger partial charge in [-0.3, -0.25) is 4.79 Å². The number of rotatable bonds is 12. The van der Waals surface area contributed by atoms with E-state index in [-0.39, 0.29) is 12.2 Å². The molecule has 8 nitrogen and oxygen atoms in total. The fourth-order valence-corrected chi connectivity index (χ4v) is 3.52. The van der Waals surface area contributed by atoms with Crippen LogP contribution >= 0.6 is 0 Å². The summed E-state index contributed by atoms with van der Waals surface area (Å²) < 4.78 is 25.6. The molecule has 2 N–H and O–H groups in total. The number of likely N-dealkylation sites (N-methyl/N-ethyl adjacent to an activating group) is 1. The van der Waals surface area contributed by atoms with Gasteiger partial charge in [0, 0.05) is 30.2 Å². The third-order valence-corrected chi connectivity index (χ3v) is 5.48. The molecule has 0 aliphatic rings.